The van der Waals surface area contributed by atoms with Gasteiger partial charge in [-0.25, -0.2) is 0 Å². The number of hydrogen-bond donors (Lipinski definition) is 1. The third-order valence-electron chi connectivity index (χ3n) is 12.7. The Balaban J connectivity index is 1.41. The first-order chi connectivity index (χ1) is 19.3. The molecular weight excluding hydrogens is 532 g/mol. The summed E-state index contributed by atoms with van der Waals surface area (Å²) in [4.78, 5) is 35.5. The van der Waals surface area contributed by atoms with Crippen molar-refractivity contribution in [3.63, 3.8) is 0 Å². The van der Waals surface area contributed by atoms with Gasteiger partial charge >= 0.3 is 11.9 Å². The van der Waals surface area contributed by atoms with E-state index >= 15 is 0 Å². The smallest absolute Gasteiger partial charge is 0.310 e. The summed E-state index contributed by atoms with van der Waals surface area (Å²) in [6.07, 6.45) is 14.6. The molecule has 0 aromatic carbocycles. The van der Waals surface area contributed by atoms with Gasteiger partial charge in [-0.2, -0.15) is 0 Å². The lowest BCUT2D eigenvalue weighted by Crippen LogP contribution is -2.51. The molecule has 0 heterocycles. The molecule has 0 radical (unpaired) electrons. The Hall–Kier alpha value is -1.43. The van der Waals surface area contributed by atoms with Crippen LogP contribution in [0.1, 0.15) is 125 Å². The number of carboxylic acids is 1. The van der Waals surface area contributed by atoms with Gasteiger partial charge in [0.05, 0.1) is 12.3 Å². The number of hydrogen-bond acceptors (Lipinski definition) is 5. The van der Waals surface area contributed by atoms with Crippen LogP contribution < -0.4 is 0 Å². The quantitative estimate of drug-likeness (QED) is 0.141. The molecule has 4 aliphatic carbocycles. The minimum Gasteiger partial charge on any atom is -0.742 e. The number of rotatable bonds is 12. The van der Waals surface area contributed by atoms with E-state index in [0.717, 1.165) is 61.2 Å². The Morgan fingerprint density at radius 1 is 1.02 bits per heavy atom. The third kappa shape index (κ3) is 6.73. The fourth-order valence-corrected chi connectivity index (χ4v) is 10.5. The zero-order chi connectivity index (χ0) is 30.1. The first kappa shape index (κ1) is 32.5. The van der Waals surface area contributed by atoms with E-state index in [1.54, 1.807) is 0 Å². The number of esters is 1. The predicted octanol–water partition coefficient (Wildman–Crippen LogP) is 8.13. The average molecular weight is 588 g/mol. The number of carbonyl (C=O) groups is 3. The Labute approximate surface area is 254 Å². The van der Waals surface area contributed by atoms with Crippen molar-refractivity contribution in [1.29, 1.82) is 0 Å². The molecule has 0 aliphatic heterocycles. The first-order valence-corrected chi connectivity index (χ1v) is 17.0. The molecule has 1 unspecified atom stereocenters. The monoisotopic (exact) mass is 587 g/mol. The normalized spacial score (nSPS) is 36.8. The lowest BCUT2D eigenvalue weighted by Gasteiger charge is -2.58. The highest BCUT2D eigenvalue weighted by Crippen LogP contribution is 2.67. The molecule has 6 heteroatoms. The summed E-state index contributed by atoms with van der Waals surface area (Å²) >= 11 is 4.63. The average Bonchev–Trinajstić information content (AvgIpc) is 3.25. The molecule has 5 nitrogen and oxygen atoms in total. The van der Waals surface area contributed by atoms with Gasteiger partial charge in [-0.15, -0.1) is 0 Å². The SMILES string of the molecule is CC[C@H](CC[C@@H](C)[C@H]1CC[C@H]2[C@@H]3CC=C4C[C@@H](OC(=O)C(CC(=O)O)CC(=O)[S-])CC[C@]4(C)[C@H]3CC[C@]12C)C(C)C. The summed E-state index contributed by atoms with van der Waals surface area (Å²) in [6.45, 7) is 14.8. The second kappa shape index (κ2) is 13.1. The van der Waals surface area contributed by atoms with Crippen LogP contribution in [0, 0.1) is 58.2 Å². The molecule has 0 aromatic heterocycles. The first-order valence-electron chi connectivity index (χ1n) is 16.6. The molecule has 1 N–H and O–H groups in total. The Morgan fingerprint density at radius 3 is 2.39 bits per heavy atom. The maximum absolute atomic E-state index is 12.8. The van der Waals surface area contributed by atoms with E-state index in [0.29, 0.717) is 11.3 Å². The van der Waals surface area contributed by atoms with Crippen molar-refractivity contribution >= 4 is 29.7 Å². The molecule has 3 fully saturated rings. The summed E-state index contributed by atoms with van der Waals surface area (Å²) in [5.41, 5.74) is 2.04. The van der Waals surface area contributed by atoms with E-state index in [1.165, 1.54) is 50.5 Å². The van der Waals surface area contributed by atoms with Crippen molar-refractivity contribution in [2.45, 2.75) is 131 Å². The molecule has 10 atom stereocenters. The van der Waals surface area contributed by atoms with E-state index in [4.69, 9.17) is 4.74 Å². The largest absolute Gasteiger partial charge is 0.742 e. The number of ether oxygens (including phenoxy) is 1. The second-order valence-electron chi connectivity index (χ2n) is 15.1. The molecule has 0 spiro atoms. The molecule has 232 valence electrons. The van der Waals surface area contributed by atoms with Crippen LogP contribution in [-0.4, -0.2) is 28.3 Å². The van der Waals surface area contributed by atoms with Gasteiger partial charge in [0.25, 0.3) is 0 Å². The zero-order valence-electron chi connectivity index (χ0n) is 26.5. The summed E-state index contributed by atoms with van der Waals surface area (Å²) < 4.78 is 5.83. The zero-order valence-corrected chi connectivity index (χ0v) is 27.3. The molecular formula is C35H55O5S-. The van der Waals surface area contributed by atoms with Crippen molar-refractivity contribution in [1.82, 2.24) is 0 Å². The Morgan fingerprint density at radius 2 is 1.76 bits per heavy atom. The Kier molecular flexibility index (Phi) is 10.3. The summed E-state index contributed by atoms with van der Waals surface area (Å²) in [5.74, 6) is 2.80. The maximum atomic E-state index is 12.8. The van der Waals surface area contributed by atoms with Crippen LogP contribution >= 0.6 is 0 Å². The van der Waals surface area contributed by atoms with Crippen LogP contribution in [0.4, 0.5) is 0 Å². The molecule has 4 aliphatic rings. The predicted molar refractivity (Wildman–Crippen MR) is 165 cm³/mol. The van der Waals surface area contributed by atoms with Crippen molar-refractivity contribution < 1.29 is 24.2 Å². The van der Waals surface area contributed by atoms with Gasteiger partial charge in [0.1, 0.15) is 6.10 Å². The van der Waals surface area contributed by atoms with Gasteiger partial charge in [0, 0.05) is 11.5 Å². The molecule has 0 saturated heterocycles. The molecule has 41 heavy (non-hydrogen) atoms. The van der Waals surface area contributed by atoms with Crippen LogP contribution in [-0.2, 0) is 31.7 Å². The van der Waals surface area contributed by atoms with Gasteiger partial charge in [-0.1, -0.05) is 66.0 Å². The summed E-state index contributed by atoms with van der Waals surface area (Å²) in [6, 6.07) is 0. The number of carbonyl (C=O) groups excluding carboxylic acids is 2. The highest BCUT2D eigenvalue weighted by molar-refractivity contribution is 7.77. The topological polar surface area (TPSA) is 80.7 Å². The third-order valence-corrected chi connectivity index (χ3v) is 12.9. The minimum atomic E-state index is -1.12. The van der Waals surface area contributed by atoms with Crippen molar-refractivity contribution in [2.24, 2.45) is 58.2 Å². The number of carboxylic acid groups (broad SMARTS) is 1. The molecule has 4 rings (SSSR count). The number of allylic oxidation sites excluding steroid dienone is 1. The summed E-state index contributed by atoms with van der Waals surface area (Å²) in [7, 11) is 0. The number of fused-ring (bicyclic) bond motifs is 5. The lowest BCUT2D eigenvalue weighted by molar-refractivity contribution is -0.160. The highest BCUT2D eigenvalue weighted by atomic mass is 32.1. The lowest BCUT2D eigenvalue weighted by atomic mass is 9.47. The minimum absolute atomic E-state index is 0.152. The van der Waals surface area contributed by atoms with Crippen LogP contribution in [0.2, 0.25) is 0 Å². The van der Waals surface area contributed by atoms with Gasteiger partial charge in [0.15, 0.2) is 0 Å². The van der Waals surface area contributed by atoms with Gasteiger partial charge in [-0.05, 0) is 110 Å². The second-order valence-corrected chi connectivity index (χ2v) is 15.6. The highest BCUT2D eigenvalue weighted by Gasteiger charge is 2.59. The van der Waals surface area contributed by atoms with Crippen molar-refractivity contribution in [2.75, 3.05) is 0 Å². The molecule has 0 amide bonds. The standard InChI is InChI=1S/C35H56O5S/c1-7-23(21(2)3)9-8-22(4)28-12-13-29-27-11-10-25-20-26(40-33(39)24(18-31(36)37)19-32(38)41)14-16-34(25,5)30(27)15-17-35(28,29)6/h10,21-24,26-30H,7-9,11-20H2,1-6H3,(H,36,37)(H,38,41)/p-1/t22-,23-,24?,26+,27+,28-,29+,30+,34+,35-/m1/s1. The molecule has 0 aromatic rings. The van der Waals surface area contributed by atoms with Crippen LogP contribution in [0.25, 0.3) is 0 Å². The van der Waals surface area contributed by atoms with Crippen LogP contribution in [0.5, 0.6) is 0 Å². The van der Waals surface area contributed by atoms with E-state index in [1.807, 2.05) is 0 Å². The fourth-order valence-electron chi connectivity index (χ4n) is 10.3. The summed E-state index contributed by atoms with van der Waals surface area (Å²) in [5, 5.41) is 8.60. The molecule has 3 saturated carbocycles. The van der Waals surface area contributed by atoms with Crippen molar-refractivity contribution in [3.05, 3.63) is 11.6 Å². The van der Waals surface area contributed by atoms with Gasteiger partial charge in [-0.3, -0.25) is 9.59 Å². The Bertz CT molecular complexity index is 989. The van der Waals surface area contributed by atoms with E-state index in [-0.39, 0.29) is 17.9 Å². The number of aliphatic carboxylic acids is 1. The molecule has 0 bridgehead atoms. The fraction of sp³-hybridized carbons (Fsp3) is 0.857. The van der Waals surface area contributed by atoms with Crippen LogP contribution in [0.15, 0.2) is 11.6 Å². The van der Waals surface area contributed by atoms with E-state index in [9.17, 15) is 19.5 Å². The maximum Gasteiger partial charge on any atom is 0.310 e. The van der Waals surface area contributed by atoms with Crippen LogP contribution in [0.3, 0.4) is 0 Å². The van der Waals surface area contributed by atoms with Gasteiger partial charge in [0.2, 0.25) is 0 Å². The van der Waals surface area contributed by atoms with E-state index < -0.39 is 29.4 Å². The van der Waals surface area contributed by atoms with Crippen molar-refractivity contribution in [3.8, 4) is 0 Å². The van der Waals surface area contributed by atoms with Gasteiger partial charge < -0.3 is 27.3 Å². The van der Waals surface area contributed by atoms with E-state index in [2.05, 4.69) is 60.2 Å².